The van der Waals surface area contributed by atoms with Gasteiger partial charge in [-0.1, -0.05) is 30.7 Å². The highest BCUT2D eigenvalue weighted by atomic mass is 32.2. The third-order valence-corrected chi connectivity index (χ3v) is 8.78. The molecule has 1 atom stereocenters. The Kier molecular flexibility index (Phi) is 7.12. The number of thioether (sulfide) groups is 1. The number of hydrogen-bond donors (Lipinski definition) is 0. The van der Waals surface area contributed by atoms with Crippen molar-refractivity contribution < 1.29 is 12.8 Å². The summed E-state index contributed by atoms with van der Waals surface area (Å²) in [6.45, 7) is 2.35. The lowest BCUT2D eigenvalue weighted by atomic mass is 10.0. The summed E-state index contributed by atoms with van der Waals surface area (Å²) in [5, 5.41) is 8.83. The Morgan fingerprint density at radius 2 is 1.90 bits per heavy atom. The molecule has 1 unspecified atom stereocenters. The Hall–Kier alpha value is -1.42. The van der Waals surface area contributed by atoms with Gasteiger partial charge in [0.15, 0.2) is 0 Å². The van der Waals surface area contributed by atoms with Gasteiger partial charge in [0, 0.05) is 30.4 Å². The fraction of sp³-hybridized carbons (Fsp3) is 0.619. The number of nitrogens with zero attached hydrogens (tertiary/aromatic N) is 4. The average Bonchev–Trinajstić information content (AvgIpc) is 3.25. The molecule has 0 saturated carbocycles. The molecule has 0 bridgehead atoms. The van der Waals surface area contributed by atoms with Crippen LogP contribution >= 0.6 is 11.8 Å². The summed E-state index contributed by atoms with van der Waals surface area (Å²) in [5.41, 5.74) is 0.638. The van der Waals surface area contributed by atoms with E-state index in [1.54, 1.807) is 34.3 Å². The largest absolute Gasteiger partial charge is 0.411 e. The highest BCUT2D eigenvalue weighted by Gasteiger charge is 2.26. The second kappa shape index (κ2) is 9.80. The molecule has 2 fully saturated rings. The van der Waals surface area contributed by atoms with Gasteiger partial charge in [0.05, 0.1) is 4.90 Å². The quantitative estimate of drug-likeness (QED) is 0.592. The molecule has 2 aliphatic rings. The lowest BCUT2D eigenvalue weighted by Crippen LogP contribution is -2.36. The Bertz CT molecular complexity index is 941. The van der Waals surface area contributed by atoms with Gasteiger partial charge in [0.2, 0.25) is 15.9 Å². The zero-order chi connectivity index (χ0) is 21.0. The number of likely N-dealkylation sites (tertiary alicyclic amines) is 1. The first-order chi connectivity index (χ1) is 14.5. The summed E-state index contributed by atoms with van der Waals surface area (Å²) >= 11 is 1.57. The van der Waals surface area contributed by atoms with E-state index in [0.717, 1.165) is 31.4 Å². The summed E-state index contributed by atoms with van der Waals surface area (Å²) in [6, 6.07) is 7.46. The van der Waals surface area contributed by atoms with Crippen LogP contribution in [0.15, 0.2) is 38.8 Å². The third-order valence-electron chi connectivity index (χ3n) is 6.04. The number of aromatic nitrogens is 2. The topological polar surface area (TPSA) is 79.5 Å². The van der Waals surface area contributed by atoms with Gasteiger partial charge < -0.3 is 9.32 Å². The van der Waals surface area contributed by atoms with Crippen molar-refractivity contribution in [3.8, 4) is 11.5 Å². The average molecular weight is 451 g/mol. The molecule has 4 rings (SSSR count). The van der Waals surface area contributed by atoms with E-state index in [1.807, 2.05) is 6.07 Å². The van der Waals surface area contributed by atoms with Gasteiger partial charge in [-0.25, -0.2) is 8.42 Å². The smallest absolute Gasteiger partial charge is 0.276 e. The SMILES string of the molecule is CN1CCCCC1CCSc1nnc(-c2cccc(S(=O)(=O)N3CCCCC3)c2)o1. The van der Waals surface area contributed by atoms with Gasteiger partial charge in [-0.15, -0.1) is 10.2 Å². The van der Waals surface area contributed by atoms with E-state index in [9.17, 15) is 8.42 Å². The van der Waals surface area contributed by atoms with Crippen molar-refractivity contribution in [1.29, 1.82) is 0 Å². The summed E-state index contributed by atoms with van der Waals surface area (Å²) in [7, 11) is -1.29. The number of piperidine rings is 2. The molecule has 0 aliphatic carbocycles. The molecule has 7 nitrogen and oxygen atoms in total. The maximum Gasteiger partial charge on any atom is 0.276 e. The fourth-order valence-corrected chi connectivity index (χ4v) is 6.58. The van der Waals surface area contributed by atoms with Crippen LogP contribution < -0.4 is 0 Å². The molecule has 0 N–H and O–H groups in total. The molecule has 2 aliphatic heterocycles. The zero-order valence-electron chi connectivity index (χ0n) is 17.5. The summed E-state index contributed by atoms with van der Waals surface area (Å²) in [5.74, 6) is 1.29. The predicted octanol–water partition coefficient (Wildman–Crippen LogP) is 3.88. The van der Waals surface area contributed by atoms with Crippen molar-refractivity contribution in [2.75, 3.05) is 32.4 Å². The van der Waals surface area contributed by atoms with E-state index >= 15 is 0 Å². The second-order valence-corrected chi connectivity index (χ2v) is 11.1. The zero-order valence-corrected chi connectivity index (χ0v) is 19.1. The van der Waals surface area contributed by atoms with E-state index in [1.165, 1.54) is 25.8 Å². The lowest BCUT2D eigenvalue weighted by Gasteiger charge is -2.32. The predicted molar refractivity (Wildman–Crippen MR) is 118 cm³/mol. The van der Waals surface area contributed by atoms with Crippen molar-refractivity contribution >= 4 is 21.8 Å². The maximum absolute atomic E-state index is 12.9. The molecule has 1 aromatic heterocycles. The maximum atomic E-state index is 12.9. The van der Waals surface area contributed by atoms with E-state index in [-0.39, 0.29) is 4.90 Å². The van der Waals surface area contributed by atoms with Crippen LogP contribution in [0.25, 0.3) is 11.5 Å². The van der Waals surface area contributed by atoms with E-state index < -0.39 is 10.0 Å². The summed E-state index contributed by atoms with van der Waals surface area (Å²) in [6.07, 6.45) is 7.87. The van der Waals surface area contributed by atoms with Crippen molar-refractivity contribution in [1.82, 2.24) is 19.4 Å². The Balaban J connectivity index is 1.40. The van der Waals surface area contributed by atoms with Gasteiger partial charge >= 0.3 is 0 Å². The van der Waals surface area contributed by atoms with Crippen LogP contribution in [0.1, 0.15) is 44.9 Å². The Morgan fingerprint density at radius 1 is 1.10 bits per heavy atom. The van der Waals surface area contributed by atoms with Gasteiger partial charge in [-0.05, 0) is 63.9 Å². The second-order valence-electron chi connectivity index (χ2n) is 8.13. The highest BCUT2D eigenvalue weighted by molar-refractivity contribution is 7.99. The van der Waals surface area contributed by atoms with Gasteiger partial charge in [-0.3, -0.25) is 0 Å². The molecule has 1 aromatic carbocycles. The number of rotatable bonds is 7. The van der Waals surface area contributed by atoms with Gasteiger partial charge in [-0.2, -0.15) is 4.31 Å². The van der Waals surface area contributed by atoms with Gasteiger partial charge in [0.1, 0.15) is 0 Å². The standard InChI is InChI=1S/C21H30N4O3S2/c1-24-12-6-3-9-18(24)11-15-29-21-23-22-20(28-21)17-8-7-10-19(16-17)30(26,27)25-13-4-2-5-14-25/h7-8,10,16,18H,2-6,9,11-15H2,1H3. The molecule has 164 valence electrons. The Morgan fingerprint density at radius 3 is 2.70 bits per heavy atom. The number of benzene rings is 1. The van der Waals surface area contributed by atoms with Crippen molar-refractivity contribution in [3.63, 3.8) is 0 Å². The minimum absolute atomic E-state index is 0.287. The third kappa shape index (κ3) is 5.07. The van der Waals surface area contributed by atoms with Crippen LogP contribution in [0.4, 0.5) is 0 Å². The fourth-order valence-electron chi connectivity index (χ4n) is 4.22. The Labute approximate surface area is 183 Å². The van der Waals surface area contributed by atoms with Crippen molar-refractivity contribution in [2.24, 2.45) is 0 Å². The molecule has 2 saturated heterocycles. The summed E-state index contributed by atoms with van der Waals surface area (Å²) < 4.78 is 33.3. The first-order valence-corrected chi connectivity index (χ1v) is 13.2. The molecule has 2 aromatic rings. The minimum Gasteiger partial charge on any atom is -0.411 e. The van der Waals surface area contributed by atoms with E-state index in [4.69, 9.17) is 4.42 Å². The molecule has 3 heterocycles. The molecule has 9 heteroatoms. The molecular formula is C21H30N4O3S2. The highest BCUT2D eigenvalue weighted by Crippen LogP contribution is 2.28. The number of sulfonamides is 1. The van der Waals surface area contributed by atoms with Crippen LogP contribution in [0.3, 0.4) is 0 Å². The first kappa shape index (κ1) is 21.8. The van der Waals surface area contributed by atoms with Crippen LogP contribution in [0.5, 0.6) is 0 Å². The van der Waals surface area contributed by atoms with Crippen LogP contribution in [0.2, 0.25) is 0 Å². The van der Waals surface area contributed by atoms with E-state index in [2.05, 4.69) is 22.1 Å². The van der Waals surface area contributed by atoms with Crippen LogP contribution in [0, 0.1) is 0 Å². The first-order valence-electron chi connectivity index (χ1n) is 10.8. The van der Waals surface area contributed by atoms with Crippen molar-refractivity contribution in [2.45, 2.75) is 61.1 Å². The normalized spacial score (nSPS) is 21.7. The van der Waals surface area contributed by atoms with Crippen LogP contribution in [-0.2, 0) is 10.0 Å². The van der Waals surface area contributed by atoms with Crippen molar-refractivity contribution in [3.05, 3.63) is 24.3 Å². The summed E-state index contributed by atoms with van der Waals surface area (Å²) in [4.78, 5) is 2.73. The van der Waals surface area contributed by atoms with Crippen LogP contribution in [-0.4, -0.2) is 66.3 Å². The molecule has 0 radical (unpaired) electrons. The van der Waals surface area contributed by atoms with Gasteiger partial charge in [0.25, 0.3) is 5.22 Å². The molecule has 0 amide bonds. The molecular weight excluding hydrogens is 420 g/mol. The number of hydrogen-bond acceptors (Lipinski definition) is 7. The van der Waals surface area contributed by atoms with E-state index in [0.29, 0.717) is 35.8 Å². The molecule has 0 spiro atoms. The minimum atomic E-state index is -3.48. The lowest BCUT2D eigenvalue weighted by molar-refractivity contribution is 0.182. The molecule has 30 heavy (non-hydrogen) atoms. The monoisotopic (exact) mass is 450 g/mol.